The van der Waals surface area contributed by atoms with E-state index < -0.39 is 25.4 Å². The van der Waals surface area contributed by atoms with E-state index >= 15 is 0 Å². The highest BCUT2D eigenvalue weighted by Gasteiger charge is 2.31. The standard InChI is InChI=1S/C22H22O5S2/c1-22(2,3)16-13-14-18(23)21(15-16)29(26,27)20-12-8-7-11-19(20)28(24,25)17-9-5-4-6-10-17/h4-15,23H,1-3H3. The van der Waals surface area contributed by atoms with E-state index in [0.29, 0.717) is 5.56 Å². The lowest BCUT2D eigenvalue weighted by molar-refractivity contribution is 0.456. The molecule has 0 saturated heterocycles. The second-order valence-electron chi connectivity index (χ2n) is 7.70. The van der Waals surface area contributed by atoms with E-state index in [2.05, 4.69) is 0 Å². The first-order valence-corrected chi connectivity index (χ1v) is 11.9. The van der Waals surface area contributed by atoms with E-state index in [1.807, 2.05) is 20.8 Å². The van der Waals surface area contributed by atoms with Crippen LogP contribution in [-0.4, -0.2) is 21.9 Å². The highest BCUT2D eigenvalue weighted by Crippen LogP contribution is 2.36. The maximum Gasteiger partial charge on any atom is 0.211 e. The van der Waals surface area contributed by atoms with Crippen LogP contribution >= 0.6 is 0 Å². The van der Waals surface area contributed by atoms with Crippen LogP contribution in [0.1, 0.15) is 26.3 Å². The molecular weight excluding hydrogens is 408 g/mol. The Hall–Kier alpha value is -2.64. The minimum absolute atomic E-state index is 0.00434. The van der Waals surface area contributed by atoms with Gasteiger partial charge >= 0.3 is 0 Å². The Morgan fingerprint density at radius 2 is 1.17 bits per heavy atom. The van der Waals surface area contributed by atoms with Gasteiger partial charge in [0.05, 0.1) is 14.7 Å². The van der Waals surface area contributed by atoms with Crippen LogP contribution in [0.25, 0.3) is 0 Å². The Labute approximate surface area is 171 Å². The van der Waals surface area contributed by atoms with Crippen LogP contribution < -0.4 is 0 Å². The summed E-state index contributed by atoms with van der Waals surface area (Å²) in [4.78, 5) is -1.02. The zero-order valence-corrected chi connectivity index (χ0v) is 18.0. The molecule has 5 nitrogen and oxygen atoms in total. The number of sulfone groups is 2. The van der Waals surface area contributed by atoms with E-state index in [9.17, 15) is 21.9 Å². The molecule has 0 atom stereocenters. The summed E-state index contributed by atoms with van der Waals surface area (Å²) >= 11 is 0. The molecule has 0 fully saturated rings. The number of hydrogen-bond acceptors (Lipinski definition) is 5. The summed E-state index contributed by atoms with van der Waals surface area (Å²) in [5.41, 5.74) is 0.352. The molecule has 0 aromatic heterocycles. The molecule has 0 spiro atoms. The Bertz CT molecular complexity index is 1250. The van der Waals surface area contributed by atoms with Gasteiger partial charge in [-0.2, -0.15) is 0 Å². The average Bonchev–Trinajstić information content (AvgIpc) is 2.68. The van der Waals surface area contributed by atoms with Crippen molar-refractivity contribution < 1.29 is 21.9 Å². The molecular formula is C22H22O5S2. The van der Waals surface area contributed by atoms with Gasteiger partial charge in [0.15, 0.2) is 0 Å². The van der Waals surface area contributed by atoms with Gasteiger partial charge in [-0.1, -0.05) is 57.2 Å². The number of benzene rings is 3. The van der Waals surface area contributed by atoms with Crippen molar-refractivity contribution in [1.29, 1.82) is 0 Å². The molecule has 0 radical (unpaired) electrons. The van der Waals surface area contributed by atoms with Crippen molar-refractivity contribution in [3.63, 3.8) is 0 Å². The molecule has 29 heavy (non-hydrogen) atoms. The fourth-order valence-corrected chi connectivity index (χ4v) is 6.41. The Morgan fingerprint density at radius 3 is 1.72 bits per heavy atom. The summed E-state index contributed by atoms with van der Waals surface area (Å²) in [6.45, 7) is 5.76. The molecule has 0 saturated carbocycles. The van der Waals surface area contributed by atoms with Gasteiger partial charge in [-0.05, 0) is 47.4 Å². The number of phenols is 1. The van der Waals surface area contributed by atoms with Gasteiger partial charge in [0.25, 0.3) is 0 Å². The quantitative estimate of drug-likeness (QED) is 0.665. The minimum atomic E-state index is -4.30. The van der Waals surface area contributed by atoms with Crippen molar-refractivity contribution >= 4 is 19.7 Å². The van der Waals surface area contributed by atoms with E-state index in [1.54, 1.807) is 24.3 Å². The third kappa shape index (κ3) is 3.93. The molecule has 1 N–H and O–H groups in total. The summed E-state index contributed by atoms with van der Waals surface area (Å²) in [5, 5.41) is 10.3. The number of phenolic OH excluding ortho intramolecular Hbond substituents is 1. The van der Waals surface area contributed by atoms with Crippen LogP contribution in [0.15, 0.2) is 92.4 Å². The van der Waals surface area contributed by atoms with Crippen molar-refractivity contribution in [3.05, 3.63) is 78.4 Å². The van der Waals surface area contributed by atoms with E-state index in [-0.39, 0.29) is 25.0 Å². The zero-order valence-electron chi connectivity index (χ0n) is 16.3. The largest absolute Gasteiger partial charge is 0.507 e. The van der Waals surface area contributed by atoms with Crippen LogP contribution in [0.5, 0.6) is 5.75 Å². The summed E-state index contributed by atoms with van der Waals surface area (Å²) in [7, 11) is -8.38. The first-order chi connectivity index (χ1) is 13.5. The normalized spacial score (nSPS) is 12.7. The minimum Gasteiger partial charge on any atom is -0.507 e. The lowest BCUT2D eigenvalue weighted by Crippen LogP contribution is -2.14. The van der Waals surface area contributed by atoms with E-state index in [0.717, 1.165) is 0 Å². The predicted octanol–water partition coefficient (Wildman–Crippen LogP) is 4.36. The second kappa shape index (κ2) is 7.31. The van der Waals surface area contributed by atoms with E-state index in [1.165, 1.54) is 48.5 Å². The van der Waals surface area contributed by atoms with Crippen molar-refractivity contribution in [1.82, 2.24) is 0 Å². The Morgan fingerprint density at radius 1 is 0.655 bits per heavy atom. The molecule has 0 heterocycles. The molecule has 152 valence electrons. The third-order valence-corrected chi connectivity index (χ3v) is 8.40. The molecule has 0 aliphatic carbocycles. The van der Waals surface area contributed by atoms with Gasteiger partial charge in [0, 0.05) is 0 Å². The summed E-state index contributed by atoms with van der Waals surface area (Å²) in [6.07, 6.45) is 0. The summed E-state index contributed by atoms with van der Waals surface area (Å²) in [5.74, 6) is -0.426. The van der Waals surface area contributed by atoms with E-state index in [4.69, 9.17) is 0 Å². The van der Waals surface area contributed by atoms with Gasteiger partial charge in [0.1, 0.15) is 10.6 Å². The predicted molar refractivity (Wildman–Crippen MR) is 111 cm³/mol. The fraction of sp³-hybridized carbons (Fsp3) is 0.182. The maximum absolute atomic E-state index is 13.4. The fourth-order valence-electron chi connectivity index (χ4n) is 2.94. The summed E-state index contributed by atoms with van der Waals surface area (Å²) in [6, 6.07) is 17.5. The highest BCUT2D eigenvalue weighted by molar-refractivity contribution is 7.94. The molecule has 0 aliphatic rings. The second-order valence-corrected chi connectivity index (χ2v) is 11.5. The maximum atomic E-state index is 13.4. The van der Waals surface area contributed by atoms with Crippen LogP contribution in [-0.2, 0) is 25.1 Å². The zero-order chi connectivity index (χ0) is 21.4. The summed E-state index contributed by atoms with van der Waals surface area (Å²) < 4.78 is 53.0. The Balaban J connectivity index is 2.26. The SMILES string of the molecule is CC(C)(C)c1ccc(O)c(S(=O)(=O)c2ccccc2S(=O)(=O)c2ccccc2)c1. The van der Waals surface area contributed by atoms with Gasteiger partial charge in [-0.25, -0.2) is 16.8 Å². The Kier molecular flexibility index (Phi) is 5.32. The van der Waals surface area contributed by atoms with Crippen LogP contribution in [0.4, 0.5) is 0 Å². The average molecular weight is 431 g/mol. The third-order valence-electron chi connectivity index (χ3n) is 4.60. The molecule has 3 aromatic rings. The molecule has 7 heteroatoms. The monoisotopic (exact) mass is 430 g/mol. The molecule has 3 aromatic carbocycles. The molecule has 3 rings (SSSR count). The molecule has 0 bridgehead atoms. The topological polar surface area (TPSA) is 88.5 Å². The van der Waals surface area contributed by atoms with Crippen molar-refractivity contribution in [2.24, 2.45) is 0 Å². The van der Waals surface area contributed by atoms with Crippen molar-refractivity contribution in [2.45, 2.75) is 45.8 Å². The van der Waals surface area contributed by atoms with Gasteiger partial charge < -0.3 is 5.11 Å². The number of hydrogen-bond donors (Lipinski definition) is 1. The molecule has 0 unspecified atom stereocenters. The van der Waals surface area contributed by atoms with Gasteiger partial charge in [-0.15, -0.1) is 0 Å². The lowest BCUT2D eigenvalue weighted by atomic mass is 9.87. The van der Waals surface area contributed by atoms with Crippen molar-refractivity contribution in [3.8, 4) is 5.75 Å². The number of rotatable bonds is 4. The van der Waals surface area contributed by atoms with Crippen molar-refractivity contribution in [2.75, 3.05) is 0 Å². The van der Waals surface area contributed by atoms with Crippen LogP contribution in [0, 0.1) is 0 Å². The van der Waals surface area contributed by atoms with Gasteiger partial charge in [0.2, 0.25) is 19.7 Å². The first kappa shape index (κ1) is 21.1. The van der Waals surface area contributed by atoms with Gasteiger partial charge in [-0.3, -0.25) is 0 Å². The lowest BCUT2D eigenvalue weighted by Gasteiger charge is -2.20. The first-order valence-electron chi connectivity index (χ1n) is 8.93. The number of aromatic hydroxyl groups is 1. The highest BCUT2D eigenvalue weighted by atomic mass is 32.2. The van der Waals surface area contributed by atoms with Crippen LogP contribution in [0.2, 0.25) is 0 Å². The smallest absolute Gasteiger partial charge is 0.211 e. The molecule has 0 amide bonds. The molecule has 0 aliphatic heterocycles. The van der Waals surface area contributed by atoms with Crippen LogP contribution in [0.3, 0.4) is 0 Å².